The van der Waals surface area contributed by atoms with Gasteiger partial charge in [-0.05, 0) is 23.7 Å². The van der Waals surface area contributed by atoms with Crippen molar-refractivity contribution in [2.75, 3.05) is 21.3 Å². The van der Waals surface area contributed by atoms with Crippen molar-refractivity contribution >= 4 is 16.8 Å². The summed E-state index contributed by atoms with van der Waals surface area (Å²) in [6, 6.07) is 1.95. The molecule has 1 aromatic rings. The Morgan fingerprint density at radius 2 is 1.56 bits per heavy atom. The van der Waals surface area contributed by atoms with Gasteiger partial charge in [-0.1, -0.05) is 0 Å². The molecule has 4 nitrogen and oxygen atoms in total. The first-order valence-corrected chi connectivity index (χ1v) is 5.14. The Kier molecular flexibility index (Phi) is 4.34. The van der Waals surface area contributed by atoms with Gasteiger partial charge in [-0.25, -0.2) is 0 Å². The predicted molar refractivity (Wildman–Crippen MR) is 60.9 cm³/mol. The smallest absolute Gasteiger partial charge is 0.345 e. The monoisotopic (exact) mass is 280 g/mol. The minimum absolute atomic E-state index is 0.0180. The number of alkyl halides is 2. The summed E-state index contributed by atoms with van der Waals surface area (Å²) >= 11 is 4.87. The summed E-state index contributed by atoms with van der Waals surface area (Å²) in [4.78, 5) is 10.7. The molecule has 0 saturated carbocycles. The van der Waals surface area contributed by atoms with Crippen molar-refractivity contribution < 1.29 is 27.8 Å². The Hall–Kier alpha value is -1.56. The minimum Gasteiger partial charge on any atom is -0.493 e. The second kappa shape index (κ2) is 5.39. The van der Waals surface area contributed by atoms with Crippen LogP contribution in [-0.2, 0) is 10.7 Å². The van der Waals surface area contributed by atoms with Gasteiger partial charge in [0.2, 0.25) is 5.75 Å². The first-order chi connectivity index (χ1) is 8.38. The Balaban J connectivity index is 3.45. The summed E-state index contributed by atoms with van der Waals surface area (Å²) in [7, 11) is 3.90. The van der Waals surface area contributed by atoms with Crippen LogP contribution in [-0.4, -0.2) is 26.6 Å². The third kappa shape index (κ3) is 2.48. The number of rotatable bonds is 5. The molecule has 0 radical (unpaired) electrons. The van der Waals surface area contributed by atoms with Gasteiger partial charge in [-0.15, -0.1) is 0 Å². The second-order valence-corrected chi connectivity index (χ2v) is 3.61. The third-order valence-electron chi connectivity index (χ3n) is 2.27. The number of benzene rings is 1. The van der Waals surface area contributed by atoms with E-state index in [1.54, 1.807) is 0 Å². The number of carbonyl (C=O) groups excluding carboxylic acids is 1. The van der Waals surface area contributed by atoms with Gasteiger partial charge in [0.25, 0.3) is 5.24 Å². The Labute approximate surface area is 107 Å². The van der Waals surface area contributed by atoms with Crippen molar-refractivity contribution in [3.8, 4) is 17.2 Å². The van der Waals surface area contributed by atoms with E-state index in [9.17, 15) is 13.6 Å². The Morgan fingerprint density at radius 1 is 1.11 bits per heavy atom. The maximum atomic E-state index is 13.5. The molecule has 100 valence electrons. The van der Waals surface area contributed by atoms with Crippen molar-refractivity contribution in [3.63, 3.8) is 0 Å². The minimum atomic E-state index is -3.83. The molecule has 0 amide bonds. The van der Waals surface area contributed by atoms with E-state index in [0.29, 0.717) is 0 Å². The molecule has 0 bridgehead atoms. The number of hydrogen-bond acceptors (Lipinski definition) is 4. The largest absolute Gasteiger partial charge is 0.493 e. The van der Waals surface area contributed by atoms with Crippen LogP contribution in [0.25, 0.3) is 0 Å². The fourth-order valence-corrected chi connectivity index (χ4v) is 1.48. The van der Waals surface area contributed by atoms with Gasteiger partial charge in [0.15, 0.2) is 11.5 Å². The first-order valence-electron chi connectivity index (χ1n) is 4.76. The van der Waals surface area contributed by atoms with Crippen molar-refractivity contribution in [3.05, 3.63) is 17.7 Å². The highest BCUT2D eigenvalue weighted by atomic mass is 35.5. The van der Waals surface area contributed by atoms with Crippen molar-refractivity contribution in [1.82, 2.24) is 0 Å². The standard InChI is InChI=1S/C11H11ClF2O4/c1-16-7-4-6(11(13,14)10(12)15)5-8(17-2)9(7)18-3/h4-5H,1-3H3. The van der Waals surface area contributed by atoms with E-state index in [1.807, 2.05) is 0 Å². The maximum absolute atomic E-state index is 13.5. The van der Waals surface area contributed by atoms with Gasteiger partial charge in [0.05, 0.1) is 21.3 Å². The van der Waals surface area contributed by atoms with Gasteiger partial charge in [0.1, 0.15) is 0 Å². The third-order valence-corrected chi connectivity index (χ3v) is 2.51. The molecule has 7 heteroatoms. The van der Waals surface area contributed by atoms with Crippen LogP contribution in [0.4, 0.5) is 8.78 Å². The van der Waals surface area contributed by atoms with Crippen LogP contribution in [0.15, 0.2) is 12.1 Å². The molecule has 0 atom stereocenters. The highest BCUT2D eigenvalue weighted by molar-refractivity contribution is 6.65. The van der Waals surface area contributed by atoms with Crippen LogP contribution < -0.4 is 14.2 Å². The molecule has 0 fully saturated rings. The zero-order chi connectivity index (χ0) is 13.9. The van der Waals surface area contributed by atoms with E-state index in [0.717, 1.165) is 12.1 Å². The highest BCUT2D eigenvalue weighted by Gasteiger charge is 2.41. The summed E-state index contributed by atoms with van der Waals surface area (Å²) in [5, 5.41) is -1.78. The molecule has 0 N–H and O–H groups in total. The van der Waals surface area contributed by atoms with E-state index in [1.165, 1.54) is 21.3 Å². The quantitative estimate of drug-likeness (QED) is 0.778. The van der Waals surface area contributed by atoms with Crippen molar-refractivity contribution in [2.24, 2.45) is 0 Å². The average Bonchev–Trinajstić information content (AvgIpc) is 2.36. The lowest BCUT2D eigenvalue weighted by Gasteiger charge is -2.17. The van der Waals surface area contributed by atoms with E-state index < -0.39 is 16.7 Å². The number of ether oxygens (including phenoxy) is 3. The molecule has 0 aromatic heterocycles. The van der Waals surface area contributed by atoms with Gasteiger partial charge in [0, 0.05) is 5.56 Å². The van der Waals surface area contributed by atoms with E-state index in [-0.39, 0.29) is 17.2 Å². The average molecular weight is 281 g/mol. The predicted octanol–water partition coefficient (Wildman–Crippen LogP) is 2.57. The van der Waals surface area contributed by atoms with Crippen LogP contribution in [0.3, 0.4) is 0 Å². The van der Waals surface area contributed by atoms with E-state index in [4.69, 9.17) is 25.8 Å². The maximum Gasteiger partial charge on any atom is 0.345 e. The Morgan fingerprint density at radius 3 is 1.83 bits per heavy atom. The topological polar surface area (TPSA) is 44.8 Å². The molecule has 18 heavy (non-hydrogen) atoms. The highest BCUT2D eigenvalue weighted by Crippen LogP contribution is 2.43. The van der Waals surface area contributed by atoms with Crippen LogP contribution in [0.1, 0.15) is 5.56 Å². The zero-order valence-electron chi connectivity index (χ0n) is 9.92. The molecule has 0 saturated heterocycles. The van der Waals surface area contributed by atoms with Crippen LogP contribution in [0.2, 0.25) is 0 Å². The summed E-state index contributed by atoms with van der Waals surface area (Å²) < 4.78 is 41.8. The molecule has 0 spiro atoms. The molecule has 0 unspecified atom stereocenters. The molecular formula is C11H11ClF2O4. The van der Waals surface area contributed by atoms with E-state index in [2.05, 4.69) is 0 Å². The van der Waals surface area contributed by atoms with E-state index >= 15 is 0 Å². The second-order valence-electron chi connectivity index (χ2n) is 3.26. The normalized spacial score (nSPS) is 11.0. The number of halogens is 3. The lowest BCUT2D eigenvalue weighted by molar-refractivity contribution is -0.135. The van der Waals surface area contributed by atoms with Gasteiger partial charge < -0.3 is 14.2 Å². The Bertz CT molecular complexity index is 437. The summed E-state index contributed by atoms with van der Waals surface area (Å²) in [6.45, 7) is 0. The first kappa shape index (κ1) is 14.5. The van der Waals surface area contributed by atoms with Crippen LogP contribution in [0.5, 0.6) is 17.2 Å². The lowest BCUT2D eigenvalue weighted by atomic mass is 10.1. The van der Waals surface area contributed by atoms with Gasteiger partial charge in [-0.2, -0.15) is 8.78 Å². The molecule has 1 aromatic carbocycles. The van der Waals surface area contributed by atoms with Crippen LogP contribution >= 0.6 is 11.6 Å². The zero-order valence-corrected chi connectivity index (χ0v) is 10.7. The molecule has 1 rings (SSSR count). The van der Waals surface area contributed by atoms with Gasteiger partial charge >= 0.3 is 5.92 Å². The molecular weight excluding hydrogens is 270 g/mol. The molecule has 0 aliphatic heterocycles. The molecule has 0 aliphatic rings. The number of methoxy groups -OCH3 is 3. The van der Waals surface area contributed by atoms with Gasteiger partial charge in [-0.3, -0.25) is 4.79 Å². The van der Waals surface area contributed by atoms with Crippen molar-refractivity contribution in [2.45, 2.75) is 5.92 Å². The number of hydrogen-bond donors (Lipinski definition) is 0. The molecule has 0 aliphatic carbocycles. The summed E-state index contributed by atoms with van der Waals surface area (Å²) in [5.74, 6) is -3.63. The molecule has 0 heterocycles. The van der Waals surface area contributed by atoms with Crippen molar-refractivity contribution in [1.29, 1.82) is 0 Å². The fourth-order valence-electron chi connectivity index (χ4n) is 1.38. The SMILES string of the molecule is COc1cc(C(F)(F)C(=O)Cl)cc(OC)c1OC. The fraction of sp³-hybridized carbons (Fsp3) is 0.364. The number of carbonyl (C=O) groups is 1. The summed E-state index contributed by atoms with van der Waals surface area (Å²) in [6.07, 6.45) is 0. The summed E-state index contributed by atoms with van der Waals surface area (Å²) in [5.41, 5.74) is -0.628. The van der Waals surface area contributed by atoms with Crippen LogP contribution in [0, 0.1) is 0 Å². The lowest BCUT2D eigenvalue weighted by Crippen LogP contribution is -2.21.